The molecule has 0 fully saturated rings. The lowest BCUT2D eigenvalue weighted by Crippen LogP contribution is -2.05. The summed E-state index contributed by atoms with van der Waals surface area (Å²) in [5, 5.41) is 14.4. The number of rotatable bonds is 4. The largest absolute Gasteiger partial charge is 0.380 e. The summed E-state index contributed by atoms with van der Waals surface area (Å²) in [5.41, 5.74) is 3.98. The van der Waals surface area contributed by atoms with Crippen molar-refractivity contribution in [2.75, 3.05) is 5.32 Å². The number of hydrogen-bond acceptors (Lipinski definition) is 3. The average molecular weight is 414 g/mol. The minimum Gasteiger partial charge on any atom is -0.380 e. The van der Waals surface area contributed by atoms with Crippen LogP contribution in [0, 0.1) is 24.0 Å². The number of nitrogens with one attached hydrogen (secondary N) is 1. The molecule has 0 radical (unpaired) electrons. The topological polar surface area (TPSA) is 55.2 Å². The molecule has 0 aliphatic heterocycles. The number of benzene rings is 2. The summed E-state index contributed by atoms with van der Waals surface area (Å²) in [4.78, 5) is 10.8. The summed E-state index contributed by atoms with van der Waals surface area (Å²) in [6, 6.07) is 9.14. The van der Waals surface area contributed by atoms with Crippen LogP contribution in [-0.4, -0.2) is 4.92 Å². The Morgan fingerprint density at radius 2 is 1.71 bits per heavy atom. The second-order valence-electron chi connectivity index (χ2n) is 4.80. The number of nitro groups is 1. The quantitative estimate of drug-likeness (QED) is 0.542. The average Bonchev–Trinajstić information content (AvgIpc) is 2.38. The molecular formula is C15H14Br2N2O2. The summed E-state index contributed by atoms with van der Waals surface area (Å²) < 4.78 is 1.73. The monoisotopic (exact) mass is 412 g/mol. The van der Waals surface area contributed by atoms with E-state index in [2.05, 4.69) is 37.2 Å². The third-order valence-corrected chi connectivity index (χ3v) is 4.15. The van der Waals surface area contributed by atoms with Gasteiger partial charge in [-0.25, -0.2) is 0 Å². The SMILES string of the molecule is Cc1cc(Br)cc(C)c1NCc1ccc(Br)cc1[N+](=O)[O-]. The highest BCUT2D eigenvalue weighted by molar-refractivity contribution is 9.10. The Hall–Kier alpha value is -1.40. The maximum atomic E-state index is 11.1. The predicted octanol–water partition coefficient (Wildman–Crippen LogP) is 5.35. The van der Waals surface area contributed by atoms with Gasteiger partial charge in [0.1, 0.15) is 0 Å². The molecule has 6 heteroatoms. The summed E-state index contributed by atoms with van der Waals surface area (Å²) in [5.74, 6) is 0. The lowest BCUT2D eigenvalue weighted by Gasteiger charge is -2.13. The normalized spacial score (nSPS) is 10.5. The summed E-state index contributed by atoms with van der Waals surface area (Å²) >= 11 is 6.72. The van der Waals surface area contributed by atoms with Crippen LogP contribution in [0.25, 0.3) is 0 Å². The molecule has 0 atom stereocenters. The Balaban J connectivity index is 2.27. The molecule has 110 valence electrons. The first-order valence-corrected chi connectivity index (χ1v) is 7.90. The molecule has 0 aliphatic carbocycles. The number of hydrogen-bond donors (Lipinski definition) is 1. The van der Waals surface area contributed by atoms with Crippen LogP contribution in [0.1, 0.15) is 16.7 Å². The first kappa shape index (κ1) is 16.0. The maximum Gasteiger partial charge on any atom is 0.275 e. The van der Waals surface area contributed by atoms with E-state index in [1.165, 1.54) is 6.07 Å². The first-order valence-electron chi connectivity index (χ1n) is 6.32. The van der Waals surface area contributed by atoms with Gasteiger partial charge in [0.15, 0.2) is 0 Å². The lowest BCUT2D eigenvalue weighted by atomic mass is 10.1. The highest BCUT2D eigenvalue weighted by Gasteiger charge is 2.14. The Bertz CT molecular complexity index is 679. The summed E-state index contributed by atoms with van der Waals surface area (Å²) in [6.07, 6.45) is 0. The van der Waals surface area contributed by atoms with Crippen LogP contribution in [0.4, 0.5) is 11.4 Å². The van der Waals surface area contributed by atoms with E-state index in [0.717, 1.165) is 21.3 Å². The molecule has 0 aliphatic rings. The molecule has 1 N–H and O–H groups in total. The van der Waals surface area contributed by atoms with E-state index in [0.29, 0.717) is 16.6 Å². The van der Waals surface area contributed by atoms with Crippen molar-refractivity contribution in [2.45, 2.75) is 20.4 Å². The van der Waals surface area contributed by atoms with Gasteiger partial charge in [0.25, 0.3) is 5.69 Å². The zero-order valence-corrected chi connectivity index (χ0v) is 14.8. The highest BCUT2D eigenvalue weighted by atomic mass is 79.9. The molecule has 2 aromatic rings. The van der Waals surface area contributed by atoms with E-state index < -0.39 is 0 Å². The van der Waals surface area contributed by atoms with Crippen LogP contribution >= 0.6 is 31.9 Å². The van der Waals surface area contributed by atoms with Crippen LogP contribution in [0.5, 0.6) is 0 Å². The number of halogens is 2. The van der Waals surface area contributed by atoms with E-state index in [1.807, 2.05) is 32.0 Å². The molecule has 0 unspecified atom stereocenters. The van der Waals surface area contributed by atoms with Crippen LogP contribution in [0.3, 0.4) is 0 Å². The van der Waals surface area contributed by atoms with Crippen LogP contribution in [0.2, 0.25) is 0 Å². The minimum atomic E-state index is -0.358. The maximum absolute atomic E-state index is 11.1. The molecule has 0 amide bonds. The van der Waals surface area contributed by atoms with Crippen LogP contribution < -0.4 is 5.32 Å². The van der Waals surface area contributed by atoms with E-state index in [-0.39, 0.29) is 10.6 Å². The van der Waals surface area contributed by atoms with Gasteiger partial charge >= 0.3 is 0 Å². The van der Waals surface area contributed by atoms with Gasteiger partial charge < -0.3 is 5.32 Å². The number of aryl methyl sites for hydroxylation is 2. The van der Waals surface area contributed by atoms with Crippen molar-refractivity contribution >= 4 is 43.2 Å². The van der Waals surface area contributed by atoms with Gasteiger partial charge in [-0.15, -0.1) is 0 Å². The van der Waals surface area contributed by atoms with E-state index in [4.69, 9.17) is 0 Å². The minimum absolute atomic E-state index is 0.115. The van der Waals surface area contributed by atoms with E-state index in [9.17, 15) is 10.1 Å². The molecule has 21 heavy (non-hydrogen) atoms. The zero-order chi connectivity index (χ0) is 15.6. The smallest absolute Gasteiger partial charge is 0.275 e. The Kier molecular flexibility index (Phi) is 5.00. The predicted molar refractivity (Wildman–Crippen MR) is 91.7 cm³/mol. The van der Waals surface area contributed by atoms with Gasteiger partial charge in [0.05, 0.1) is 4.92 Å². The van der Waals surface area contributed by atoms with Crippen LogP contribution in [-0.2, 0) is 6.54 Å². The molecule has 0 aromatic heterocycles. The fourth-order valence-electron chi connectivity index (χ4n) is 2.23. The second kappa shape index (κ2) is 6.58. The Labute approximate surface area is 140 Å². The van der Waals surface area contributed by atoms with E-state index in [1.54, 1.807) is 6.07 Å². The van der Waals surface area contributed by atoms with Crippen molar-refractivity contribution in [2.24, 2.45) is 0 Å². The molecule has 0 heterocycles. The molecule has 0 saturated heterocycles. The molecule has 0 bridgehead atoms. The Morgan fingerprint density at radius 3 is 2.29 bits per heavy atom. The summed E-state index contributed by atoms with van der Waals surface area (Å²) in [6.45, 7) is 4.43. The third kappa shape index (κ3) is 3.83. The van der Waals surface area contributed by atoms with Crippen molar-refractivity contribution in [3.63, 3.8) is 0 Å². The lowest BCUT2D eigenvalue weighted by molar-refractivity contribution is -0.385. The fraction of sp³-hybridized carbons (Fsp3) is 0.200. The molecular weight excluding hydrogens is 400 g/mol. The van der Waals surface area contributed by atoms with Crippen molar-refractivity contribution in [3.05, 3.63) is 66.1 Å². The highest BCUT2D eigenvalue weighted by Crippen LogP contribution is 2.28. The van der Waals surface area contributed by atoms with E-state index >= 15 is 0 Å². The van der Waals surface area contributed by atoms with Crippen molar-refractivity contribution in [1.82, 2.24) is 0 Å². The van der Waals surface area contributed by atoms with Gasteiger partial charge in [-0.3, -0.25) is 10.1 Å². The molecule has 2 rings (SSSR count). The van der Waals surface area contributed by atoms with Gasteiger partial charge in [0, 0.05) is 32.8 Å². The molecule has 0 saturated carbocycles. The number of anilines is 1. The first-order chi connectivity index (χ1) is 9.88. The molecule has 0 spiro atoms. The Morgan fingerprint density at radius 1 is 1.10 bits per heavy atom. The van der Waals surface area contributed by atoms with Gasteiger partial charge in [0.2, 0.25) is 0 Å². The van der Waals surface area contributed by atoms with Crippen molar-refractivity contribution < 1.29 is 4.92 Å². The van der Waals surface area contributed by atoms with Crippen molar-refractivity contribution in [3.8, 4) is 0 Å². The van der Waals surface area contributed by atoms with Gasteiger partial charge in [-0.05, 0) is 49.2 Å². The van der Waals surface area contributed by atoms with Gasteiger partial charge in [-0.2, -0.15) is 0 Å². The number of nitrogens with zero attached hydrogens (tertiary/aromatic N) is 1. The molecule has 2 aromatic carbocycles. The van der Waals surface area contributed by atoms with Crippen LogP contribution in [0.15, 0.2) is 39.3 Å². The van der Waals surface area contributed by atoms with Crippen molar-refractivity contribution in [1.29, 1.82) is 0 Å². The standard InChI is InChI=1S/C15H14Br2N2O2/c1-9-5-13(17)6-10(2)15(9)18-8-11-3-4-12(16)7-14(11)19(20)21/h3-7,18H,8H2,1-2H3. The number of nitro benzene ring substituents is 1. The second-order valence-corrected chi connectivity index (χ2v) is 6.63. The fourth-order valence-corrected chi connectivity index (χ4v) is 3.27. The van der Waals surface area contributed by atoms with Gasteiger partial charge in [-0.1, -0.05) is 31.9 Å². The zero-order valence-electron chi connectivity index (χ0n) is 11.6. The third-order valence-electron chi connectivity index (χ3n) is 3.20. The molecule has 4 nitrogen and oxygen atoms in total. The summed E-state index contributed by atoms with van der Waals surface area (Å²) in [7, 11) is 0.